The first-order valence-electron chi connectivity index (χ1n) is 11.4. The standard InChI is InChI=1S/C27H30N2O5/c1-18(26(30)31)29-13-12-20-16-22(10-11-23(20)29)33-15-5-14-32-21-8-6-19(7-9-21)25-28-24(17-34-25)27(2,3)4/h6-13,16-18H,5,14-15H2,1-4H3,(H,30,31). The minimum Gasteiger partial charge on any atom is -0.493 e. The van der Waals surface area contributed by atoms with Gasteiger partial charge in [0.1, 0.15) is 23.8 Å². The number of ether oxygens (including phenoxy) is 2. The van der Waals surface area contributed by atoms with Crippen molar-refractivity contribution in [2.75, 3.05) is 13.2 Å². The minimum absolute atomic E-state index is 0.0529. The summed E-state index contributed by atoms with van der Waals surface area (Å²) in [6, 6.07) is 14.7. The van der Waals surface area contributed by atoms with Crippen molar-refractivity contribution in [3.05, 3.63) is 66.7 Å². The first-order valence-corrected chi connectivity index (χ1v) is 11.4. The monoisotopic (exact) mass is 462 g/mol. The van der Waals surface area contributed by atoms with E-state index in [9.17, 15) is 9.90 Å². The molecule has 0 aliphatic rings. The van der Waals surface area contributed by atoms with Crippen molar-refractivity contribution >= 4 is 16.9 Å². The zero-order chi connectivity index (χ0) is 24.3. The molecule has 4 aromatic rings. The lowest BCUT2D eigenvalue weighted by molar-refractivity contribution is -0.140. The Hall–Kier alpha value is -3.74. The topological polar surface area (TPSA) is 86.7 Å². The lowest BCUT2D eigenvalue weighted by Crippen LogP contribution is -2.14. The van der Waals surface area contributed by atoms with Gasteiger partial charge in [-0.25, -0.2) is 9.78 Å². The van der Waals surface area contributed by atoms with Gasteiger partial charge in [0, 0.05) is 34.5 Å². The largest absolute Gasteiger partial charge is 0.493 e. The lowest BCUT2D eigenvalue weighted by Gasteiger charge is -2.13. The lowest BCUT2D eigenvalue weighted by atomic mass is 9.93. The van der Waals surface area contributed by atoms with E-state index in [-0.39, 0.29) is 5.41 Å². The van der Waals surface area contributed by atoms with Crippen LogP contribution in [-0.4, -0.2) is 33.8 Å². The van der Waals surface area contributed by atoms with E-state index in [1.54, 1.807) is 24.0 Å². The van der Waals surface area contributed by atoms with Crippen LogP contribution in [0.1, 0.15) is 45.9 Å². The van der Waals surface area contributed by atoms with Crippen LogP contribution < -0.4 is 9.47 Å². The number of aromatic nitrogens is 2. The summed E-state index contributed by atoms with van der Waals surface area (Å²) in [5.74, 6) is 1.27. The molecule has 7 nitrogen and oxygen atoms in total. The zero-order valence-corrected chi connectivity index (χ0v) is 19.9. The Bertz CT molecular complexity index is 1260. The second kappa shape index (κ2) is 9.63. The van der Waals surface area contributed by atoms with Gasteiger partial charge in [-0.1, -0.05) is 20.8 Å². The van der Waals surface area contributed by atoms with Gasteiger partial charge in [-0.05, 0) is 55.5 Å². The number of carboxylic acid groups (broad SMARTS) is 1. The van der Waals surface area contributed by atoms with Crippen LogP contribution in [0.2, 0.25) is 0 Å². The van der Waals surface area contributed by atoms with E-state index in [1.165, 1.54) is 0 Å². The Kier molecular flexibility index (Phi) is 6.63. The van der Waals surface area contributed by atoms with Crippen molar-refractivity contribution < 1.29 is 23.8 Å². The number of benzene rings is 2. The maximum absolute atomic E-state index is 11.3. The minimum atomic E-state index is -0.861. The summed E-state index contributed by atoms with van der Waals surface area (Å²) in [4.78, 5) is 15.8. The fraction of sp³-hybridized carbons (Fsp3) is 0.333. The average Bonchev–Trinajstić information content (AvgIpc) is 3.46. The molecule has 1 N–H and O–H groups in total. The van der Waals surface area contributed by atoms with Crippen molar-refractivity contribution in [1.82, 2.24) is 9.55 Å². The molecule has 0 saturated heterocycles. The number of fused-ring (bicyclic) bond motifs is 1. The highest BCUT2D eigenvalue weighted by atomic mass is 16.5. The summed E-state index contributed by atoms with van der Waals surface area (Å²) in [5, 5.41) is 10.2. The number of carboxylic acids is 1. The van der Waals surface area contributed by atoms with Crippen molar-refractivity contribution in [1.29, 1.82) is 0 Å². The van der Waals surface area contributed by atoms with Crippen molar-refractivity contribution in [3.8, 4) is 23.0 Å². The van der Waals surface area contributed by atoms with Gasteiger partial charge in [0.25, 0.3) is 0 Å². The van der Waals surface area contributed by atoms with Gasteiger partial charge < -0.3 is 23.6 Å². The van der Waals surface area contributed by atoms with E-state index in [0.29, 0.717) is 19.1 Å². The fourth-order valence-electron chi connectivity index (χ4n) is 3.57. The average molecular weight is 463 g/mol. The molecule has 0 saturated carbocycles. The first-order chi connectivity index (χ1) is 16.2. The molecule has 7 heteroatoms. The number of oxazole rings is 1. The third kappa shape index (κ3) is 5.25. The first kappa shape index (κ1) is 23.4. The van der Waals surface area contributed by atoms with Gasteiger partial charge in [-0.15, -0.1) is 0 Å². The highest BCUT2D eigenvalue weighted by molar-refractivity contribution is 5.84. The second-order valence-corrected chi connectivity index (χ2v) is 9.32. The maximum atomic E-state index is 11.3. The molecule has 0 aliphatic carbocycles. The summed E-state index contributed by atoms with van der Waals surface area (Å²) in [6.45, 7) is 9.02. The Morgan fingerprint density at radius 2 is 1.74 bits per heavy atom. The molecular weight excluding hydrogens is 432 g/mol. The smallest absolute Gasteiger partial charge is 0.326 e. The van der Waals surface area contributed by atoms with Crippen LogP contribution in [0.25, 0.3) is 22.4 Å². The van der Waals surface area contributed by atoms with Gasteiger partial charge in [0.2, 0.25) is 5.89 Å². The Labute approximate surface area is 198 Å². The molecule has 0 bridgehead atoms. The summed E-state index contributed by atoms with van der Waals surface area (Å²) in [5.41, 5.74) is 2.65. The maximum Gasteiger partial charge on any atom is 0.326 e. The van der Waals surface area contributed by atoms with Crippen LogP contribution in [0.3, 0.4) is 0 Å². The molecule has 0 spiro atoms. The normalized spacial score (nSPS) is 12.6. The van der Waals surface area contributed by atoms with E-state index < -0.39 is 12.0 Å². The van der Waals surface area contributed by atoms with Crippen molar-refractivity contribution in [2.45, 2.75) is 45.6 Å². The van der Waals surface area contributed by atoms with Gasteiger partial charge >= 0.3 is 5.97 Å². The molecule has 0 amide bonds. The SMILES string of the molecule is CC(C(=O)O)n1ccc2cc(OCCCOc3ccc(-c4nc(C(C)(C)C)co4)cc3)ccc21. The molecule has 1 unspecified atom stereocenters. The highest BCUT2D eigenvalue weighted by Crippen LogP contribution is 2.27. The van der Waals surface area contributed by atoms with Gasteiger partial charge in [0.15, 0.2) is 0 Å². The predicted molar refractivity (Wildman–Crippen MR) is 131 cm³/mol. The molecule has 0 aliphatic heterocycles. The van der Waals surface area contributed by atoms with Crippen LogP contribution in [0, 0.1) is 0 Å². The predicted octanol–water partition coefficient (Wildman–Crippen LogP) is 6.09. The van der Waals surface area contributed by atoms with Crippen molar-refractivity contribution in [3.63, 3.8) is 0 Å². The number of nitrogens with zero attached hydrogens (tertiary/aromatic N) is 2. The third-order valence-electron chi connectivity index (χ3n) is 5.67. The van der Waals surface area contributed by atoms with Crippen LogP contribution in [0.4, 0.5) is 0 Å². The quantitative estimate of drug-likeness (QED) is 0.303. The van der Waals surface area contributed by atoms with Crippen LogP contribution in [-0.2, 0) is 10.2 Å². The fourth-order valence-corrected chi connectivity index (χ4v) is 3.57. The van der Waals surface area contributed by atoms with Crippen LogP contribution >= 0.6 is 0 Å². The molecule has 2 aromatic carbocycles. The third-order valence-corrected chi connectivity index (χ3v) is 5.67. The Morgan fingerprint density at radius 3 is 2.38 bits per heavy atom. The van der Waals surface area contributed by atoms with E-state index in [1.807, 2.05) is 48.5 Å². The summed E-state index contributed by atoms with van der Waals surface area (Å²) in [6.07, 6.45) is 4.23. The molecule has 2 aromatic heterocycles. The molecule has 0 fully saturated rings. The molecule has 34 heavy (non-hydrogen) atoms. The number of carbonyl (C=O) groups is 1. The summed E-state index contributed by atoms with van der Waals surface area (Å²) in [7, 11) is 0. The van der Waals surface area contributed by atoms with Gasteiger partial charge in [-0.2, -0.15) is 0 Å². The Morgan fingerprint density at radius 1 is 1.06 bits per heavy atom. The number of hydrogen-bond acceptors (Lipinski definition) is 5. The molecule has 0 radical (unpaired) electrons. The van der Waals surface area contributed by atoms with E-state index in [2.05, 4.69) is 25.8 Å². The molecule has 4 rings (SSSR count). The van der Waals surface area contributed by atoms with Crippen molar-refractivity contribution in [2.24, 2.45) is 0 Å². The number of rotatable bonds is 9. The summed E-state index contributed by atoms with van der Waals surface area (Å²) >= 11 is 0. The van der Waals surface area contributed by atoms with Gasteiger partial charge in [-0.3, -0.25) is 0 Å². The number of hydrogen-bond donors (Lipinski definition) is 1. The number of aliphatic carboxylic acids is 1. The molecule has 178 valence electrons. The van der Waals surface area contributed by atoms with E-state index in [4.69, 9.17) is 13.9 Å². The molecular formula is C27H30N2O5. The Balaban J connectivity index is 1.25. The molecule has 2 heterocycles. The van der Waals surface area contributed by atoms with Gasteiger partial charge in [0.05, 0.1) is 18.9 Å². The van der Waals surface area contributed by atoms with Crippen LogP contribution in [0.15, 0.2) is 65.4 Å². The van der Waals surface area contributed by atoms with Crippen LogP contribution in [0.5, 0.6) is 11.5 Å². The second-order valence-electron chi connectivity index (χ2n) is 9.32. The van der Waals surface area contributed by atoms with E-state index in [0.717, 1.165) is 40.1 Å². The zero-order valence-electron chi connectivity index (χ0n) is 19.9. The highest BCUT2D eigenvalue weighted by Gasteiger charge is 2.19. The summed E-state index contributed by atoms with van der Waals surface area (Å²) < 4.78 is 19.0. The van der Waals surface area contributed by atoms with E-state index >= 15 is 0 Å². The molecule has 1 atom stereocenters.